The van der Waals surface area contributed by atoms with Crippen LogP contribution in [0.5, 0.6) is 0 Å². The van der Waals surface area contributed by atoms with Crippen molar-refractivity contribution in [2.75, 3.05) is 55.5 Å². The minimum atomic E-state index is -4.87. The molecule has 0 aliphatic rings. The Morgan fingerprint density at radius 2 is 1.00 bits per heavy atom. The first-order chi connectivity index (χ1) is 17.5. The number of halogens is 6. The first-order valence-electron chi connectivity index (χ1n) is 11.1. The van der Waals surface area contributed by atoms with Gasteiger partial charge in [-0.25, -0.2) is 0 Å². The highest BCUT2D eigenvalue weighted by Crippen LogP contribution is 2.70. The lowest BCUT2D eigenvalue weighted by atomic mass is 10.4. The molecule has 0 saturated carbocycles. The topological polar surface area (TPSA) is 52.9 Å². The molecule has 0 heterocycles. The normalized spacial score (nSPS) is 13.6. The molecule has 0 unspecified atom stereocenters. The van der Waals surface area contributed by atoms with Crippen molar-refractivity contribution < 1.29 is 35.4 Å². The van der Waals surface area contributed by atoms with E-state index in [2.05, 4.69) is 9.03 Å². The van der Waals surface area contributed by atoms with Crippen LogP contribution in [0.25, 0.3) is 0 Å². The Labute approximate surface area is 221 Å². The maximum Gasteiger partial charge on any atom is 0.412 e. The summed E-state index contributed by atoms with van der Waals surface area (Å²) < 4.78 is 105. The predicted octanol–water partition coefficient (Wildman–Crippen LogP) is 6.77. The number of nitrogens with zero attached hydrogens (tertiary/aromatic N) is 5. The van der Waals surface area contributed by atoms with Gasteiger partial charge in [0.1, 0.15) is 0 Å². The lowest BCUT2D eigenvalue weighted by Crippen LogP contribution is -2.31. The molecule has 0 saturated heterocycles. The van der Waals surface area contributed by atoms with E-state index in [1.807, 2.05) is 0 Å². The summed E-state index contributed by atoms with van der Waals surface area (Å²) in [6.07, 6.45) is -9.73. The van der Waals surface area contributed by atoms with Crippen LogP contribution >= 0.6 is 23.2 Å². The summed E-state index contributed by atoms with van der Waals surface area (Å²) in [5.41, 5.74) is 0. The number of benzene rings is 2. The van der Waals surface area contributed by atoms with E-state index in [-0.39, 0.29) is 0 Å². The van der Waals surface area contributed by atoms with Gasteiger partial charge < -0.3 is 0 Å². The summed E-state index contributed by atoms with van der Waals surface area (Å²) >= 11 is 0. The maximum absolute atomic E-state index is 13.5. The van der Waals surface area contributed by atoms with E-state index in [9.17, 15) is 26.3 Å². The average Bonchev–Trinajstić information content (AvgIpc) is 2.82. The third-order valence-electron chi connectivity index (χ3n) is 4.84. The molecule has 0 spiro atoms. The number of hydrogen-bond donors (Lipinski definition) is 0. The van der Waals surface area contributed by atoms with Gasteiger partial charge in [0.25, 0.3) is 0 Å². The molecule has 0 aliphatic carbocycles. The van der Waals surface area contributed by atoms with Crippen molar-refractivity contribution in [1.29, 1.82) is 0 Å². The Kier molecular flexibility index (Phi) is 11.6. The predicted molar refractivity (Wildman–Crippen MR) is 143 cm³/mol. The monoisotopic (exact) mass is 605 g/mol. The van der Waals surface area contributed by atoms with E-state index in [1.54, 1.807) is 117 Å². The molecular formula is C22H32F6N5O2P3. The smallest absolute Gasteiger partial charge is 0.297 e. The van der Waals surface area contributed by atoms with Crippen LogP contribution in [0.2, 0.25) is 0 Å². The van der Waals surface area contributed by atoms with Crippen LogP contribution < -0.4 is 10.6 Å². The molecule has 7 nitrogen and oxygen atoms in total. The number of alkyl halides is 6. The average molecular weight is 605 g/mol. The van der Waals surface area contributed by atoms with E-state index in [0.717, 1.165) is 0 Å². The summed E-state index contributed by atoms with van der Waals surface area (Å²) in [7, 11) is 0.201. The molecule has 0 aliphatic heterocycles. The van der Waals surface area contributed by atoms with Gasteiger partial charge in [-0.15, -0.1) is 0 Å². The molecule has 0 bridgehead atoms. The van der Waals surface area contributed by atoms with Crippen molar-refractivity contribution in [2.24, 2.45) is 9.03 Å². The molecule has 16 heteroatoms. The van der Waals surface area contributed by atoms with Crippen LogP contribution in [0.4, 0.5) is 26.3 Å². The molecule has 0 N–H and O–H groups in total. The van der Waals surface area contributed by atoms with Gasteiger partial charge in [0.2, 0.25) is 0 Å². The Hall–Kier alpha value is -1.29. The minimum Gasteiger partial charge on any atom is -0.297 e. The molecule has 0 amide bonds. The second-order valence-electron chi connectivity index (χ2n) is 8.51. The van der Waals surface area contributed by atoms with Crippen LogP contribution in [0.15, 0.2) is 69.7 Å². The SMILES string of the molecule is CN(C)P(=NP(=NP(c1ccccc1)c1ccccc1)(OCC(F)(F)F)OCC(F)(F)F)(N(C)C)N(C)C. The van der Waals surface area contributed by atoms with Crippen molar-refractivity contribution in [1.82, 2.24) is 14.0 Å². The van der Waals surface area contributed by atoms with Crippen molar-refractivity contribution in [3.05, 3.63) is 60.7 Å². The summed E-state index contributed by atoms with van der Waals surface area (Å²) in [6, 6.07) is 17.2. The summed E-state index contributed by atoms with van der Waals surface area (Å²) in [5.74, 6) is 0. The lowest BCUT2D eigenvalue weighted by Gasteiger charge is -2.42. The number of rotatable bonds is 11. The van der Waals surface area contributed by atoms with Crippen LogP contribution in [-0.2, 0) is 9.05 Å². The van der Waals surface area contributed by atoms with Gasteiger partial charge in [-0.3, -0.25) is 23.1 Å². The maximum atomic E-state index is 13.5. The van der Waals surface area contributed by atoms with Crippen molar-refractivity contribution in [3.8, 4) is 0 Å². The summed E-state index contributed by atoms with van der Waals surface area (Å²) in [6.45, 7) is -3.76. The highest BCUT2D eigenvalue weighted by atomic mass is 31.2. The molecule has 2 aromatic rings. The van der Waals surface area contributed by atoms with Crippen LogP contribution in [0.3, 0.4) is 0 Å². The fourth-order valence-electron chi connectivity index (χ4n) is 3.44. The van der Waals surface area contributed by atoms with Gasteiger partial charge in [0, 0.05) is 10.6 Å². The van der Waals surface area contributed by atoms with Gasteiger partial charge in [-0.05, 0) is 42.3 Å². The van der Waals surface area contributed by atoms with Crippen molar-refractivity contribution in [2.45, 2.75) is 12.4 Å². The minimum absolute atomic E-state index is 0.586. The van der Waals surface area contributed by atoms with Crippen molar-refractivity contribution >= 4 is 33.8 Å². The molecule has 38 heavy (non-hydrogen) atoms. The van der Waals surface area contributed by atoms with E-state index < -0.39 is 48.8 Å². The third kappa shape index (κ3) is 9.14. The highest BCUT2D eigenvalue weighted by molar-refractivity contribution is 7.79. The fraction of sp³-hybridized carbons (Fsp3) is 0.455. The zero-order valence-corrected chi connectivity index (χ0v) is 24.5. The molecule has 214 valence electrons. The molecule has 0 atom stereocenters. The number of hydrogen-bond acceptors (Lipinski definition) is 3. The Morgan fingerprint density at radius 3 is 1.29 bits per heavy atom. The van der Waals surface area contributed by atoms with Gasteiger partial charge in [-0.1, -0.05) is 60.7 Å². The molecule has 2 rings (SSSR count). The highest BCUT2D eigenvalue weighted by Gasteiger charge is 2.42. The van der Waals surface area contributed by atoms with Gasteiger partial charge in [-0.2, -0.15) is 35.4 Å². The second kappa shape index (κ2) is 13.4. The van der Waals surface area contributed by atoms with Crippen LogP contribution in [-0.4, -0.2) is 81.9 Å². The standard InChI is InChI=1S/C22H32F6N5O2P3/c1-31(2)38(32(3)4,33(5)6)30-37(34-17-21(23,24)25,35-18-22(26,27)28)29-36(19-13-9-7-10-14-19)20-15-11-8-12-16-20/h7-16H,17-18H2,1-6H3. The molecule has 0 aromatic heterocycles. The first-order valence-corrected chi connectivity index (χ1v) is 15.6. The largest absolute Gasteiger partial charge is 0.412 e. The fourth-order valence-corrected chi connectivity index (χ4v) is 13.7. The molecule has 0 radical (unpaired) electrons. The zero-order chi connectivity index (χ0) is 28.8. The molecular weight excluding hydrogens is 573 g/mol. The first kappa shape index (κ1) is 32.9. The molecule has 2 aromatic carbocycles. The second-order valence-corrected chi connectivity index (χ2v) is 16.6. The van der Waals surface area contributed by atoms with Crippen LogP contribution in [0.1, 0.15) is 0 Å². The quantitative estimate of drug-likeness (QED) is 0.209. The van der Waals surface area contributed by atoms with Gasteiger partial charge >= 0.3 is 20.0 Å². The lowest BCUT2D eigenvalue weighted by molar-refractivity contribution is -0.163. The van der Waals surface area contributed by atoms with E-state index in [1.165, 1.54) is 0 Å². The van der Waals surface area contributed by atoms with Crippen LogP contribution in [0, 0.1) is 0 Å². The third-order valence-corrected chi connectivity index (χ3v) is 14.0. The Morgan fingerprint density at radius 1 is 0.658 bits per heavy atom. The van der Waals surface area contributed by atoms with Crippen molar-refractivity contribution in [3.63, 3.8) is 0 Å². The zero-order valence-electron chi connectivity index (χ0n) is 21.8. The van der Waals surface area contributed by atoms with E-state index in [4.69, 9.17) is 9.05 Å². The summed E-state index contributed by atoms with van der Waals surface area (Å²) in [5, 5.41) is 1.17. The van der Waals surface area contributed by atoms with E-state index in [0.29, 0.717) is 10.6 Å². The summed E-state index contributed by atoms with van der Waals surface area (Å²) in [4.78, 5) is 0. The Balaban J connectivity index is 3.04. The van der Waals surface area contributed by atoms with E-state index >= 15 is 0 Å². The van der Waals surface area contributed by atoms with Gasteiger partial charge in [0.05, 0.1) is 8.07 Å². The molecule has 0 fully saturated rings. The Bertz CT molecular complexity index is 1040. The van der Waals surface area contributed by atoms with Gasteiger partial charge in [0.15, 0.2) is 20.7 Å².